The molecule has 1 aliphatic carbocycles. The Kier molecular flexibility index (Phi) is 3.06. The van der Waals surface area contributed by atoms with Crippen molar-refractivity contribution in [1.29, 1.82) is 0 Å². The number of aromatic amines is 2. The molecule has 5 rings (SSSR count). The van der Waals surface area contributed by atoms with Gasteiger partial charge in [-0.3, -0.25) is 10.1 Å². The van der Waals surface area contributed by atoms with Crippen LogP contribution in [0.25, 0.3) is 39.8 Å². The van der Waals surface area contributed by atoms with E-state index in [9.17, 15) is 0 Å². The summed E-state index contributed by atoms with van der Waals surface area (Å²) in [6, 6.07) is 10.1. The van der Waals surface area contributed by atoms with Gasteiger partial charge in [0.1, 0.15) is 5.69 Å². The SMILES string of the molecule is CC1C=Cc2cc(-c3n[nH]c4ncc(-c5ccccn5)cc34)[nH]c2C1. The average molecular weight is 327 g/mol. The van der Waals surface area contributed by atoms with Crippen LogP contribution in [0.4, 0.5) is 0 Å². The maximum Gasteiger partial charge on any atom is 0.155 e. The van der Waals surface area contributed by atoms with Crippen molar-refractivity contribution in [1.82, 2.24) is 25.1 Å². The Balaban J connectivity index is 1.64. The highest BCUT2D eigenvalue weighted by Gasteiger charge is 2.17. The Morgan fingerprint density at radius 1 is 1.16 bits per heavy atom. The quantitative estimate of drug-likeness (QED) is 0.579. The van der Waals surface area contributed by atoms with E-state index in [0.717, 1.165) is 40.1 Å². The van der Waals surface area contributed by atoms with Gasteiger partial charge in [-0.15, -0.1) is 0 Å². The summed E-state index contributed by atoms with van der Waals surface area (Å²) >= 11 is 0. The van der Waals surface area contributed by atoms with Crippen molar-refractivity contribution in [3.8, 4) is 22.6 Å². The van der Waals surface area contributed by atoms with Gasteiger partial charge in [0.2, 0.25) is 0 Å². The summed E-state index contributed by atoms with van der Waals surface area (Å²) in [5.41, 5.74) is 7.12. The van der Waals surface area contributed by atoms with Crippen molar-refractivity contribution in [2.24, 2.45) is 5.92 Å². The first-order valence-electron chi connectivity index (χ1n) is 8.44. The fourth-order valence-electron chi connectivity index (χ4n) is 3.40. The molecule has 0 bridgehead atoms. The molecule has 0 fully saturated rings. The molecule has 0 amide bonds. The lowest BCUT2D eigenvalue weighted by Crippen LogP contribution is -2.01. The Morgan fingerprint density at radius 2 is 2.12 bits per heavy atom. The monoisotopic (exact) mass is 327 g/mol. The van der Waals surface area contributed by atoms with Crippen LogP contribution in [-0.4, -0.2) is 25.1 Å². The molecule has 1 unspecified atom stereocenters. The molecule has 5 heteroatoms. The summed E-state index contributed by atoms with van der Waals surface area (Å²) in [6.45, 7) is 2.23. The van der Waals surface area contributed by atoms with Gasteiger partial charge in [0.25, 0.3) is 0 Å². The minimum absolute atomic E-state index is 0.562. The topological polar surface area (TPSA) is 70.2 Å². The summed E-state index contributed by atoms with van der Waals surface area (Å²) in [5.74, 6) is 0.562. The molecule has 4 aromatic heterocycles. The van der Waals surface area contributed by atoms with Crippen LogP contribution in [0.5, 0.6) is 0 Å². The van der Waals surface area contributed by atoms with E-state index in [2.05, 4.69) is 56.4 Å². The van der Waals surface area contributed by atoms with Gasteiger partial charge in [-0.05, 0) is 42.2 Å². The first-order chi connectivity index (χ1) is 12.3. The van der Waals surface area contributed by atoms with Crippen LogP contribution in [0.1, 0.15) is 18.2 Å². The normalized spacial score (nSPS) is 16.3. The van der Waals surface area contributed by atoms with E-state index >= 15 is 0 Å². The number of allylic oxidation sites excluding steroid dienone is 1. The van der Waals surface area contributed by atoms with Crippen LogP contribution in [0.15, 0.2) is 48.8 Å². The number of nitrogens with zero attached hydrogens (tertiary/aromatic N) is 3. The van der Waals surface area contributed by atoms with Crippen molar-refractivity contribution < 1.29 is 0 Å². The second kappa shape index (κ2) is 5.41. The molecule has 4 heterocycles. The van der Waals surface area contributed by atoms with Gasteiger partial charge in [0, 0.05) is 29.0 Å². The molecule has 122 valence electrons. The Hall–Kier alpha value is -3.21. The molecular formula is C20H17N5. The summed E-state index contributed by atoms with van der Waals surface area (Å²) in [7, 11) is 0. The molecule has 25 heavy (non-hydrogen) atoms. The van der Waals surface area contributed by atoms with Gasteiger partial charge in [-0.25, -0.2) is 4.98 Å². The van der Waals surface area contributed by atoms with Crippen molar-refractivity contribution in [2.75, 3.05) is 0 Å². The van der Waals surface area contributed by atoms with E-state index in [1.54, 1.807) is 6.20 Å². The van der Waals surface area contributed by atoms with Crippen molar-refractivity contribution >= 4 is 17.1 Å². The van der Waals surface area contributed by atoms with Gasteiger partial charge < -0.3 is 4.98 Å². The van der Waals surface area contributed by atoms with Crippen LogP contribution < -0.4 is 0 Å². The van der Waals surface area contributed by atoms with Crippen LogP contribution in [-0.2, 0) is 6.42 Å². The van der Waals surface area contributed by atoms with Crippen molar-refractivity contribution in [3.05, 3.63) is 60.1 Å². The number of rotatable bonds is 2. The third-order valence-electron chi connectivity index (χ3n) is 4.70. The van der Waals surface area contributed by atoms with Crippen LogP contribution >= 0.6 is 0 Å². The predicted molar refractivity (Wildman–Crippen MR) is 98.8 cm³/mol. The van der Waals surface area contributed by atoms with Gasteiger partial charge in [-0.2, -0.15) is 5.10 Å². The van der Waals surface area contributed by atoms with E-state index in [4.69, 9.17) is 0 Å². The molecule has 0 aliphatic heterocycles. The highest BCUT2D eigenvalue weighted by Crippen LogP contribution is 2.31. The van der Waals surface area contributed by atoms with Gasteiger partial charge >= 0.3 is 0 Å². The number of hydrogen-bond donors (Lipinski definition) is 2. The molecular weight excluding hydrogens is 310 g/mol. The zero-order valence-electron chi connectivity index (χ0n) is 13.8. The van der Waals surface area contributed by atoms with Gasteiger partial charge in [0.05, 0.1) is 11.4 Å². The van der Waals surface area contributed by atoms with Gasteiger partial charge in [0.15, 0.2) is 5.65 Å². The third-order valence-corrected chi connectivity index (χ3v) is 4.70. The Bertz CT molecular complexity index is 1090. The van der Waals surface area contributed by atoms with E-state index in [0.29, 0.717) is 5.92 Å². The van der Waals surface area contributed by atoms with E-state index < -0.39 is 0 Å². The lowest BCUT2D eigenvalue weighted by atomic mass is 9.96. The zero-order valence-corrected chi connectivity index (χ0v) is 13.8. The molecule has 0 spiro atoms. The van der Waals surface area contributed by atoms with Crippen LogP contribution in [0.3, 0.4) is 0 Å². The Labute approximate surface area is 144 Å². The highest BCUT2D eigenvalue weighted by atomic mass is 15.2. The maximum atomic E-state index is 4.51. The molecule has 0 saturated carbocycles. The van der Waals surface area contributed by atoms with Crippen LogP contribution in [0, 0.1) is 5.92 Å². The van der Waals surface area contributed by atoms with E-state index in [1.165, 1.54) is 11.3 Å². The van der Waals surface area contributed by atoms with E-state index in [1.807, 2.05) is 24.4 Å². The number of fused-ring (bicyclic) bond motifs is 2. The summed E-state index contributed by atoms with van der Waals surface area (Å²) < 4.78 is 0. The number of aromatic nitrogens is 5. The van der Waals surface area contributed by atoms with Crippen LogP contribution in [0.2, 0.25) is 0 Å². The largest absolute Gasteiger partial charge is 0.357 e. The van der Waals surface area contributed by atoms with Gasteiger partial charge in [-0.1, -0.05) is 25.1 Å². The lowest BCUT2D eigenvalue weighted by Gasteiger charge is -2.10. The molecule has 1 aliphatic rings. The first-order valence-corrected chi connectivity index (χ1v) is 8.44. The molecule has 4 aromatic rings. The minimum Gasteiger partial charge on any atom is -0.357 e. The zero-order chi connectivity index (χ0) is 16.8. The molecule has 0 saturated heterocycles. The average Bonchev–Trinajstić information content (AvgIpc) is 3.24. The fraction of sp³-hybridized carbons (Fsp3) is 0.150. The maximum absolute atomic E-state index is 4.51. The highest BCUT2D eigenvalue weighted by molar-refractivity contribution is 5.92. The smallest absolute Gasteiger partial charge is 0.155 e. The number of nitrogens with one attached hydrogen (secondary N) is 2. The van der Waals surface area contributed by atoms with E-state index in [-0.39, 0.29) is 0 Å². The lowest BCUT2D eigenvalue weighted by molar-refractivity contribution is 0.704. The first kappa shape index (κ1) is 14.2. The van der Waals surface area contributed by atoms with Crippen molar-refractivity contribution in [3.63, 3.8) is 0 Å². The second-order valence-electron chi connectivity index (χ2n) is 6.56. The summed E-state index contributed by atoms with van der Waals surface area (Å²) in [6.07, 6.45) is 9.10. The summed E-state index contributed by atoms with van der Waals surface area (Å²) in [5, 5.41) is 8.53. The second-order valence-corrected chi connectivity index (χ2v) is 6.56. The number of H-pyrrole nitrogens is 2. The number of pyridine rings is 2. The van der Waals surface area contributed by atoms with Crippen molar-refractivity contribution in [2.45, 2.75) is 13.3 Å². The fourth-order valence-corrected chi connectivity index (χ4v) is 3.40. The predicted octanol–water partition coefficient (Wildman–Crippen LogP) is 4.22. The standard InChI is InChI=1S/C20H17N5/c1-12-5-6-13-10-18(23-17(13)8-12)19-15-9-14(11-22-20(15)25-24-19)16-4-2-3-7-21-16/h2-7,9-12,23H,8H2,1H3,(H,22,24,25). The molecule has 0 radical (unpaired) electrons. The Morgan fingerprint density at radius 3 is 3.00 bits per heavy atom. The molecule has 5 nitrogen and oxygen atoms in total. The molecule has 1 atom stereocenters. The minimum atomic E-state index is 0.562. The molecule has 0 aromatic carbocycles. The number of hydrogen-bond acceptors (Lipinski definition) is 3. The third kappa shape index (κ3) is 2.36. The molecule has 2 N–H and O–H groups in total. The summed E-state index contributed by atoms with van der Waals surface area (Å²) in [4.78, 5) is 12.5.